The fourth-order valence-electron chi connectivity index (χ4n) is 2.67. The summed E-state index contributed by atoms with van der Waals surface area (Å²) in [6.45, 7) is 2.74. The minimum absolute atomic E-state index is 0.0562. The number of hydrogen-bond donors (Lipinski definition) is 2. The monoisotopic (exact) mass is 351 g/mol. The Balaban J connectivity index is 1.72. The van der Waals surface area contributed by atoms with Crippen LogP contribution in [0.1, 0.15) is 21.5 Å². The first-order valence-corrected chi connectivity index (χ1v) is 8.35. The molecule has 3 rings (SSSR count). The van der Waals surface area contributed by atoms with Gasteiger partial charge >= 0.3 is 0 Å². The quantitative estimate of drug-likeness (QED) is 0.686. The van der Waals surface area contributed by atoms with Gasteiger partial charge in [-0.15, -0.1) is 0 Å². The molecular formula is C20H21N3O3. The predicted octanol–water partition coefficient (Wildman–Crippen LogP) is 2.86. The molecule has 0 bridgehead atoms. The average molecular weight is 351 g/mol. The summed E-state index contributed by atoms with van der Waals surface area (Å²) in [7, 11) is 0. The Morgan fingerprint density at radius 3 is 2.92 bits per heavy atom. The van der Waals surface area contributed by atoms with E-state index in [0.717, 1.165) is 11.1 Å². The second-order valence-electron chi connectivity index (χ2n) is 6.00. The summed E-state index contributed by atoms with van der Waals surface area (Å²) in [6, 6.07) is 13.0. The van der Waals surface area contributed by atoms with Gasteiger partial charge in [0.05, 0.1) is 12.9 Å². The Labute approximate surface area is 152 Å². The van der Waals surface area contributed by atoms with Crippen LogP contribution < -0.4 is 10.1 Å². The van der Waals surface area contributed by atoms with Gasteiger partial charge in [-0.1, -0.05) is 12.1 Å². The van der Waals surface area contributed by atoms with E-state index < -0.39 is 0 Å². The van der Waals surface area contributed by atoms with Crippen LogP contribution >= 0.6 is 0 Å². The molecule has 2 aromatic carbocycles. The molecule has 0 unspecified atom stereocenters. The van der Waals surface area contributed by atoms with E-state index in [0.29, 0.717) is 23.5 Å². The molecule has 6 heteroatoms. The van der Waals surface area contributed by atoms with Gasteiger partial charge in [0.15, 0.2) is 0 Å². The van der Waals surface area contributed by atoms with Crippen molar-refractivity contribution < 1.29 is 14.6 Å². The van der Waals surface area contributed by atoms with E-state index in [2.05, 4.69) is 10.3 Å². The second-order valence-corrected chi connectivity index (χ2v) is 6.00. The number of hydrogen-bond acceptors (Lipinski definition) is 4. The van der Waals surface area contributed by atoms with Crippen molar-refractivity contribution in [2.45, 2.75) is 13.5 Å². The molecule has 0 aliphatic carbocycles. The molecular weight excluding hydrogens is 330 g/mol. The van der Waals surface area contributed by atoms with Crippen molar-refractivity contribution in [2.75, 3.05) is 18.5 Å². The molecule has 0 aliphatic rings. The lowest BCUT2D eigenvalue weighted by Gasteiger charge is -2.11. The van der Waals surface area contributed by atoms with Gasteiger partial charge in [0, 0.05) is 36.3 Å². The van der Waals surface area contributed by atoms with E-state index in [1.165, 1.54) is 0 Å². The molecule has 3 aromatic rings. The molecule has 26 heavy (non-hydrogen) atoms. The summed E-state index contributed by atoms with van der Waals surface area (Å²) in [6.07, 6.45) is 5.35. The number of amides is 1. The third-order valence-electron chi connectivity index (χ3n) is 3.78. The van der Waals surface area contributed by atoms with E-state index in [1.54, 1.807) is 24.7 Å². The van der Waals surface area contributed by atoms with Crippen LogP contribution in [0.2, 0.25) is 0 Å². The fourth-order valence-corrected chi connectivity index (χ4v) is 2.67. The van der Waals surface area contributed by atoms with Gasteiger partial charge in [-0.2, -0.15) is 0 Å². The number of aliphatic hydroxyl groups excluding tert-OH is 1. The number of carbonyl (C=O) groups is 1. The summed E-state index contributed by atoms with van der Waals surface area (Å²) in [5.41, 5.74) is 3.22. The first-order chi connectivity index (χ1) is 12.6. The second kappa shape index (κ2) is 8.31. The zero-order valence-electron chi connectivity index (χ0n) is 14.6. The number of nitrogens with zero attached hydrogens (tertiary/aromatic N) is 2. The topological polar surface area (TPSA) is 76.4 Å². The number of aromatic nitrogens is 2. The van der Waals surface area contributed by atoms with Crippen molar-refractivity contribution >= 4 is 11.6 Å². The number of imidazole rings is 1. The van der Waals surface area contributed by atoms with Gasteiger partial charge in [-0.25, -0.2) is 4.98 Å². The van der Waals surface area contributed by atoms with Crippen molar-refractivity contribution in [3.8, 4) is 5.75 Å². The molecule has 0 atom stereocenters. The van der Waals surface area contributed by atoms with E-state index in [-0.39, 0.29) is 19.1 Å². The highest BCUT2D eigenvalue weighted by molar-refractivity contribution is 6.04. The zero-order valence-corrected chi connectivity index (χ0v) is 14.6. The third kappa shape index (κ3) is 4.70. The predicted molar refractivity (Wildman–Crippen MR) is 99.5 cm³/mol. The number of anilines is 1. The standard InChI is InChI=1S/C20H21N3O3/c1-15-9-18(12-19(10-15)26-8-7-24)22-20(25)17-4-2-3-16(11-17)13-23-6-5-21-14-23/h2-6,9-12,14,24H,7-8,13H2,1H3,(H,22,25). The number of carbonyl (C=O) groups excluding carboxylic acids is 1. The number of aryl methyl sites for hydroxylation is 1. The summed E-state index contributed by atoms with van der Waals surface area (Å²) in [4.78, 5) is 16.6. The molecule has 1 heterocycles. The average Bonchev–Trinajstić information content (AvgIpc) is 3.12. The Hall–Kier alpha value is -3.12. The molecule has 0 fully saturated rings. The number of aliphatic hydroxyl groups is 1. The molecule has 1 amide bonds. The third-order valence-corrected chi connectivity index (χ3v) is 3.78. The number of ether oxygens (including phenoxy) is 1. The van der Waals surface area contributed by atoms with Crippen LogP contribution in [0.5, 0.6) is 5.75 Å². The maximum Gasteiger partial charge on any atom is 0.255 e. The lowest BCUT2D eigenvalue weighted by molar-refractivity contribution is 0.102. The van der Waals surface area contributed by atoms with Crippen LogP contribution in [0.4, 0.5) is 5.69 Å². The van der Waals surface area contributed by atoms with E-state index in [4.69, 9.17) is 9.84 Å². The van der Waals surface area contributed by atoms with E-state index in [9.17, 15) is 4.79 Å². The highest BCUT2D eigenvalue weighted by Gasteiger charge is 2.09. The number of rotatable bonds is 7. The lowest BCUT2D eigenvalue weighted by Crippen LogP contribution is -2.13. The van der Waals surface area contributed by atoms with Gasteiger partial charge in [-0.3, -0.25) is 4.79 Å². The normalized spacial score (nSPS) is 10.5. The number of nitrogens with one attached hydrogen (secondary N) is 1. The Bertz CT molecular complexity index is 876. The van der Waals surface area contributed by atoms with Crippen LogP contribution in [-0.4, -0.2) is 33.8 Å². The summed E-state index contributed by atoms with van der Waals surface area (Å²) >= 11 is 0. The Morgan fingerprint density at radius 1 is 1.27 bits per heavy atom. The highest BCUT2D eigenvalue weighted by Crippen LogP contribution is 2.21. The van der Waals surface area contributed by atoms with Gasteiger partial charge in [0.25, 0.3) is 5.91 Å². The molecule has 0 aliphatic heterocycles. The van der Waals surface area contributed by atoms with Crippen LogP contribution in [0.25, 0.3) is 0 Å². The van der Waals surface area contributed by atoms with Crippen LogP contribution in [-0.2, 0) is 6.54 Å². The van der Waals surface area contributed by atoms with Gasteiger partial charge in [0.2, 0.25) is 0 Å². The molecule has 0 spiro atoms. The Kier molecular flexibility index (Phi) is 5.66. The van der Waals surface area contributed by atoms with Crippen molar-refractivity contribution in [3.63, 3.8) is 0 Å². The van der Waals surface area contributed by atoms with Crippen LogP contribution in [0.3, 0.4) is 0 Å². The summed E-state index contributed by atoms with van der Waals surface area (Å²) < 4.78 is 7.38. The van der Waals surface area contributed by atoms with E-state index >= 15 is 0 Å². The van der Waals surface area contributed by atoms with Crippen molar-refractivity contribution in [1.29, 1.82) is 0 Å². The maximum absolute atomic E-state index is 12.6. The van der Waals surface area contributed by atoms with E-state index in [1.807, 2.05) is 48.0 Å². The molecule has 0 radical (unpaired) electrons. The van der Waals surface area contributed by atoms with Crippen LogP contribution in [0.15, 0.2) is 61.2 Å². The minimum Gasteiger partial charge on any atom is -0.491 e. The van der Waals surface area contributed by atoms with Crippen molar-refractivity contribution in [3.05, 3.63) is 77.9 Å². The summed E-state index contributed by atoms with van der Waals surface area (Å²) in [5, 5.41) is 11.8. The first-order valence-electron chi connectivity index (χ1n) is 8.35. The molecule has 2 N–H and O–H groups in total. The molecule has 6 nitrogen and oxygen atoms in total. The largest absolute Gasteiger partial charge is 0.491 e. The summed E-state index contributed by atoms with van der Waals surface area (Å²) in [5.74, 6) is 0.430. The highest BCUT2D eigenvalue weighted by atomic mass is 16.5. The van der Waals surface area contributed by atoms with Crippen molar-refractivity contribution in [2.24, 2.45) is 0 Å². The molecule has 1 aromatic heterocycles. The number of benzene rings is 2. The zero-order chi connectivity index (χ0) is 18.4. The molecule has 0 saturated heterocycles. The maximum atomic E-state index is 12.6. The first kappa shape index (κ1) is 17.7. The lowest BCUT2D eigenvalue weighted by atomic mass is 10.1. The van der Waals surface area contributed by atoms with Crippen LogP contribution in [0, 0.1) is 6.92 Å². The Morgan fingerprint density at radius 2 is 2.15 bits per heavy atom. The van der Waals surface area contributed by atoms with Gasteiger partial charge < -0.3 is 19.7 Å². The smallest absolute Gasteiger partial charge is 0.255 e. The SMILES string of the molecule is Cc1cc(NC(=O)c2cccc(Cn3ccnc3)c2)cc(OCCO)c1. The van der Waals surface area contributed by atoms with Gasteiger partial charge in [-0.05, 0) is 42.3 Å². The molecule has 134 valence electrons. The molecule has 0 saturated carbocycles. The fraction of sp³-hybridized carbons (Fsp3) is 0.200. The van der Waals surface area contributed by atoms with Gasteiger partial charge in [0.1, 0.15) is 12.4 Å². The minimum atomic E-state index is -0.184. The van der Waals surface area contributed by atoms with Crippen molar-refractivity contribution in [1.82, 2.24) is 9.55 Å².